The maximum Gasteiger partial charge on any atom is 0.176 e. The van der Waals surface area contributed by atoms with E-state index in [1.807, 2.05) is 0 Å². The highest BCUT2D eigenvalue weighted by atomic mass is 32.2. The normalized spacial score (nSPS) is 12.3. The van der Waals surface area contributed by atoms with Gasteiger partial charge in [-0.1, -0.05) is 36.4 Å². The van der Waals surface area contributed by atoms with Gasteiger partial charge in [-0.25, -0.2) is 16.8 Å². The van der Waals surface area contributed by atoms with E-state index in [2.05, 4.69) is 0 Å². The van der Waals surface area contributed by atoms with Gasteiger partial charge in [-0.3, -0.25) is 0 Å². The van der Waals surface area contributed by atoms with Gasteiger partial charge in [0.05, 0.1) is 9.79 Å². The Morgan fingerprint density at radius 2 is 0.900 bits per heavy atom. The minimum Gasteiger partial charge on any atom is -0.224 e. The SMILES string of the molecule is CS(=O)(=O)c1ccccc1-c1ccccc1S(C)(=O)=O. The molecule has 4 nitrogen and oxygen atoms in total. The zero-order chi connectivity index (χ0) is 15.0. The van der Waals surface area contributed by atoms with Crippen LogP contribution in [0.15, 0.2) is 58.3 Å². The fraction of sp³-hybridized carbons (Fsp3) is 0.143. The van der Waals surface area contributed by atoms with Gasteiger partial charge >= 0.3 is 0 Å². The third-order valence-corrected chi connectivity index (χ3v) is 5.17. The molecule has 0 aliphatic carbocycles. The monoisotopic (exact) mass is 310 g/mol. The molecule has 0 saturated heterocycles. The maximum absolute atomic E-state index is 11.8. The molecular formula is C14H14O4S2. The van der Waals surface area contributed by atoms with Gasteiger partial charge in [0.25, 0.3) is 0 Å². The number of sulfone groups is 2. The van der Waals surface area contributed by atoms with Gasteiger partial charge in [0, 0.05) is 23.6 Å². The quantitative estimate of drug-likeness (QED) is 0.871. The van der Waals surface area contributed by atoms with Gasteiger partial charge in [-0.05, 0) is 12.1 Å². The highest BCUT2D eigenvalue weighted by Gasteiger charge is 2.19. The molecule has 20 heavy (non-hydrogen) atoms. The minimum absolute atomic E-state index is 0.121. The molecule has 0 atom stereocenters. The number of hydrogen-bond acceptors (Lipinski definition) is 4. The van der Waals surface area contributed by atoms with E-state index in [0.717, 1.165) is 12.5 Å². The van der Waals surface area contributed by atoms with E-state index >= 15 is 0 Å². The molecular weight excluding hydrogens is 296 g/mol. The second-order valence-electron chi connectivity index (χ2n) is 4.54. The average molecular weight is 310 g/mol. The molecule has 0 aromatic heterocycles. The Labute approximate surface area is 118 Å². The van der Waals surface area contributed by atoms with Crippen LogP contribution in [0.25, 0.3) is 11.1 Å². The summed E-state index contributed by atoms with van der Waals surface area (Å²) in [6.07, 6.45) is 2.21. The summed E-state index contributed by atoms with van der Waals surface area (Å²) in [5, 5.41) is 0. The Kier molecular flexibility index (Phi) is 3.71. The van der Waals surface area contributed by atoms with Gasteiger partial charge < -0.3 is 0 Å². The molecule has 0 amide bonds. The first-order valence-electron chi connectivity index (χ1n) is 5.80. The van der Waals surface area contributed by atoms with Crippen molar-refractivity contribution in [2.45, 2.75) is 9.79 Å². The summed E-state index contributed by atoms with van der Waals surface area (Å²) in [5.74, 6) is 0. The van der Waals surface area contributed by atoms with Crippen molar-refractivity contribution in [3.63, 3.8) is 0 Å². The highest BCUT2D eigenvalue weighted by Crippen LogP contribution is 2.32. The van der Waals surface area contributed by atoms with E-state index in [4.69, 9.17) is 0 Å². The first-order chi connectivity index (χ1) is 9.21. The lowest BCUT2D eigenvalue weighted by Crippen LogP contribution is -2.03. The van der Waals surface area contributed by atoms with Crippen LogP contribution >= 0.6 is 0 Å². The molecule has 2 aromatic rings. The first kappa shape index (κ1) is 14.7. The van der Waals surface area contributed by atoms with Crippen LogP contribution in [0.1, 0.15) is 0 Å². The molecule has 2 aromatic carbocycles. The summed E-state index contributed by atoms with van der Waals surface area (Å²) < 4.78 is 47.4. The molecule has 0 bridgehead atoms. The maximum atomic E-state index is 11.8. The lowest BCUT2D eigenvalue weighted by Gasteiger charge is -2.11. The lowest BCUT2D eigenvalue weighted by atomic mass is 10.1. The summed E-state index contributed by atoms with van der Waals surface area (Å²) >= 11 is 0. The van der Waals surface area contributed by atoms with Gasteiger partial charge in [0.1, 0.15) is 0 Å². The molecule has 0 radical (unpaired) electrons. The van der Waals surface area contributed by atoms with Crippen molar-refractivity contribution in [1.82, 2.24) is 0 Å². The predicted octanol–water partition coefficient (Wildman–Crippen LogP) is 2.16. The molecule has 0 spiro atoms. The van der Waals surface area contributed by atoms with E-state index < -0.39 is 19.7 Å². The van der Waals surface area contributed by atoms with Crippen LogP contribution in [-0.4, -0.2) is 29.3 Å². The van der Waals surface area contributed by atoms with Crippen LogP contribution < -0.4 is 0 Å². The Balaban J connectivity index is 2.85. The molecule has 0 saturated carbocycles. The van der Waals surface area contributed by atoms with Crippen molar-refractivity contribution < 1.29 is 16.8 Å². The summed E-state index contributed by atoms with van der Waals surface area (Å²) in [4.78, 5) is 0.243. The van der Waals surface area contributed by atoms with Crippen LogP contribution in [0.2, 0.25) is 0 Å². The van der Waals surface area contributed by atoms with E-state index in [9.17, 15) is 16.8 Å². The minimum atomic E-state index is -3.44. The number of rotatable bonds is 3. The van der Waals surface area contributed by atoms with Crippen molar-refractivity contribution >= 4 is 19.7 Å². The van der Waals surface area contributed by atoms with Crippen molar-refractivity contribution in [2.75, 3.05) is 12.5 Å². The van der Waals surface area contributed by atoms with Crippen LogP contribution in [0, 0.1) is 0 Å². The zero-order valence-corrected chi connectivity index (χ0v) is 12.7. The van der Waals surface area contributed by atoms with E-state index in [0.29, 0.717) is 11.1 Å². The fourth-order valence-electron chi connectivity index (χ4n) is 2.02. The Morgan fingerprint density at radius 1 is 0.600 bits per heavy atom. The summed E-state index contributed by atoms with van der Waals surface area (Å²) in [6, 6.07) is 12.8. The van der Waals surface area contributed by atoms with Gasteiger partial charge in [0.2, 0.25) is 0 Å². The Morgan fingerprint density at radius 3 is 1.20 bits per heavy atom. The predicted molar refractivity (Wildman–Crippen MR) is 78.1 cm³/mol. The smallest absolute Gasteiger partial charge is 0.176 e. The molecule has 6 heteroatoms. The molecule has 2 rings (SSSR count). The molecule has 0 aliphatic rings. The molecule has 106 valence electrons. The highest BCUT2D eigenvalue weighted by molar-refractivity contribution is 7.91. The topological polar surface area (TPSA) is 68.3 Å². The summed E-state index contributed by atoms with van der Waals surface area (Å²) in [7, 11) is -6.88. The first-order valence-corrected chi connectivity index (χ1v) is 9.58. The Bertz CT molecular complexity index is 777. The second kappa shape index (κ2) is 5.03. The van der Waals surface area contributed by atoms with E-state index in [1.54, 1.807) is 36.4 Å². The van der Waals surface area contributed by atoms with Crippen LogP contribution in [0.3, 0.4) is 0 Å². The number of benzene rings is 2. The lowest BCUT2D eigenvalue weighted by molar-refractivity contribution is 0.599. The van der Waals surface area contributed by atoms with Crippen molar-refractivity contribution in [2.24, 2.45) is 0 Å². The largest absolute Gasteiger partial charge is 0.224 e. The molecule has 0 aliphatic heterocycles. The van der Waals surface area contributed by atoms with Gasteiger partial charge in [-0.15, -0.1) is 0 Å². The zero-order valence-electron chi connectivity index (χ0n) is 11.1. The van der Waals surface area contributed by atoms with Crippen LogP contribution in [0.5, 0.6) is 0 Å². The van der Waals surface area contributed by atoms with E-state index in [1.165, 1.54) is 12.1 Å². The number of hydrogen-bond donors (Lipinski definition) is 0. The molecule has 0 fully saturated rings. The standard InChI is InChI=1S/C14H14O4S2/c1-19(15,16)13-9-5-3-7-11(13)12-8-4-6-10-14(12)20(2,17)18/h3-10H,1-2H3. The van der Waals surface area contributed by atoms with Gasteiger partial charge in [-0.2, -0.15) is 0 Å². The van der Waals surface area contributed by atoms with Crippen molar-refractivity contribution in [1.29, 1.82) is 0 Å². The van der Waals surface area contributed by atoms with Crippen molar-refractivity contribution in [3.8, 4) is 11.1 Å². The molecule has 0 heterocycles. The summed E-state index contributed by atoms with van der Waals surface area (Å²) in [6.45, 7) is 0. The fourth-order valence-corrected chi connectivity index (χ4v) is 3.83. The second-order valence-corrected chi connectivity index (χ2v) is 8.50. The molecule has 0 unspecified atom stereocenters. The third-order valence-electron chi connectivity index (χ3n) is 2.86. The van der Waals surface area contributed by atoms with Crippen LogP contribution in [0.4, 0.5) is 0 Å². The summed E-state index contributed by atoms with van der Waals surface area (Å²) in [5.41, 5.74) is 0.798. The van der Waals surface area contributed by atoms with Crippen molar-refractivity contribution in [3.05, 3.63) is 48.5 Å². The third kappa shape index (κ3) is 2.91. The van der Waals surface area contributed by atoms with E-state index in [-0.39, 0.29) is 9.79 Å². The Hall–Kier alpha value is -1.66. The average Bonchev–Trinajstić information content (AvgIpc) is 2.37. The molecule has 0 N–H and O–H groups in total. The van der Waals surface area contributed by atoms with Gasteiger partial charge in [0.15, 0.2) is 19.7 Å². The van der Waals surface area contributed by atoms with Crippen LogP contribution in [-0.2, 0) is 19.7 Å².